The molecule has 204 valence electrons. The van der Waals surface area contributed by atoms with E-state index in [-0.39, 0.29) is 6.09 Å². The molecule has 1 aliphatic carbocycles. The lowest BCUT2D eigenvalue weighted by Gasteiger charge is -2.36. The second-order valence-corrected chi connectivity index (χ2v) is 12.0. The van der Waals surface area contributed by atoms with Gasteiger partial charge in [-0.3, -0.25) is 9.88 Å². The van der Waals surface area contributed by atoms with Gasteiger partial charge in [0.05, 0.1) is 29.3 Å². The van der Waals surface area contributed by atoms with E-state index in [4.69, 9.17) is 14.7 Å². The molecule has 3 aromatic rings. The SMILES string of the molecule is CCCN(Cc1nc2ccccc2n1C[C@H]1CCCN(C(=O)OC(C)(C)C)C1)[C@H]1CCCc2cccnc21. The van der Waals surface area contributed by atoms with Gasteiger partial charge in [-0.05, 0) is 95.5 Å². The molecule has 0 N–H and O–H groups in total. The van der Waals surface area contributed by atoms with E-state index in [1.54, 1.807) is 0 Å². The van der Waals surface area contributed by atoms with Crippen LogP contribution < -0.4 is 0 Å². The molecule has 2 aliphatic rings. The minimum atomic E-state index is -0.479. The Labute approximate surface area is 227 Å². The van der Waals surface area contributed by atoms with Crippen LogP contribution in [-0.2, 0) is 24.2 Å². The lowest BCUT2D eigenvalue weighted by atomic mass is 9.90. The quantitative estimate of drug-likeness (QED) is 0.364. The molecule has 2 atom stereocenters. The van der Waals surface area contributed by atoms with Crippen LogP contribution in [0.15, 0.2) is 42.6 Å². The van der Waals surface area contributed by atoms with Gasteiger partial charge in [0.2, 0.25) is 0 Å². The Kier molecular flexibility index (Phi) is 8.03. The van der Waals surface area contributed by atoms with Gasteiger partial charge in [-0.2, -0.15) is 0 Å². The number of piperidine rings is 1. The lowest BCUT2D eigenvalue weighted by Crippen LogP contribution is -2.43. The van der Waals surface area contributed by atoms with Gasteiger partial charge in [-0.25, -0.2) is 9.78 Å². The molecular weight excluding hydrogens is 474 g/mol. The number of carbonyl (C=O) groups is 1. The monoisotopic (exact) mass is 517 g/mol. The number of amides is 1. The van der Waals surface area contributed by atoms with E-state index in [0.717, 1.165) is 76.2 Å². The Hall–Kier alpha value is -2.93. The summed E-state index contributed by atoms with van der Waals surface area (Å²) in [4.78, 5) is 27.3. The molecule has 7 heteroatoms. The third-order valence-electron chi connectivity index (χ3n) is 7.81. The zero-order chi connectivity index (χ0) is 26.7. The molecule has 1 aromatic carbocycles. The summed E-state index contributed by atoms with van der Waals surface area (Å²) in [7, 11) is 0. The number of fused-ring (bicyclic) bond motifs is 2. The fourth-order valence-electron chi connectivity index (χ4n) is 6.17. The van der Waals surface area contributed by atoms with Crippen LogP contribution in [0.3, 0.4) is 0 Å². The van der Waals surface area contributed by atoms with Crippen molar-refractivity contribution in [3.05, 3.63) is 59.7 Å². The molecular formula is C31H43N5O2. The van der Waals surface area contributed by atoms with Gasteiger partial charge in [0.1, 0.15) is 11.4 Å². The number of aromatic nitrogens is 3. The van der Waals surface area contributed by atoms with Crippen molar-refractivity contribution in [2.45, 2.75) is 91.0 Å². The first kappa shape index (κ1) is 26.7. The number of hydrogen-bond acceptors (Lipinski definition) is 5. The number of pyridine rings is 1. The summed E-state index contributed by atoms with van der Waals surface area (Å²) in [6, 6.07) is 13.1. The largest absolute Gasteiger partial charge is 0.444 e. The highest BCUT2D eigenvalue weighted by atomic mass is 16.6. The minimum Gasteiger partial charge on any atom is -0.444 e. The summed E-state index contributed by atoms with van der Waals surface area (Å²) in [6.45, 7) is 12.2. The first-order valence-electron chi connectivity index (χ1n) is 14.4. The Bertz CT molecular complexity index is 1250. The van der Waals surface area contributed by atoms with Crippen LogP contribution in [0, 0.1) is 5.92 Å². The molecule has 5 rings (SSSR count). The lowest BCUT2D eigenvalue weighted by molar-refractivity contribution is 0.0157. The van der Waals surface area contributed by atoms with E-state index < -0.39 is 5.60 Å². The van der Waals surface area contributed by atoms with E-state index in [1.165, 1.54) is 23.2 Å². The number of imidazole rings is 1. The topological polar surface area (TPSA) is 63.5 Å². The molecule has 0 bridgehead atoms. The number of rotatable bonds is 7. The van der Waals surface area contributed by atoms with Crippen LogP contribution in [0.2, 0.25) is 0 Å². The smallest absolute Gasteiger partial charge is 0.410 e. The third-order valence-corrected chi connectivity index (χ3v) is 7.81. The average Bonchev–Trinajstić information content (AvgIpc) is 3.24. The van der Waals surface area contributed by atoms with Crippen LogP contribution >= 0.6 is 0 Å². The Balaban J connectivity index is 1.40. The molecule has 0 unspecified atom stereocenters. The number of ether oxygens (including phenoxy) is 1. The molecule has 1 saturated heterocycles. The van der Waals surface area contributed by atoms with Crippen LogP contribution in [-0.4, -0.2) is 55.7 Å². The highest BCUT2D eigenvalue weighted by molar-refractivity contribution is 5.76. The van der Waals surface area contributed by atoms with Crippen LogP contribution in [0.4, 0.5) is 4.79 Å². The van der Waals surface area contributed by atoms with Crippen molar-refractivity contribution in [2.75, 3.05) is 19.6 Å². The summed E-state index contributed by atoms with van der Waals surface area (Å²) in [6.07, 6.45) is 8.38. The van der Waals surface area contributed by atoms with Crippen LogP contribution in [0.5, 0.6) is 0 Å². The molecule has 2 aromatic heterocycles. The normalized spacial score (nSPS) is 20.1. The van der Waals surface area contributed by atoms with Gasteiger partial charge in [0.15, 0.2) is 0 Å². The summed E-state index contributed by atoms with van der Waals surface area (Å²) in [5.74, 6) is 1.47. The highest BCUT2D eigenvalue weighted by Gasteiger charge is 2.31. The molecule has 1 aliphatic heterocycles. The number of aryl methyl sites for hydroxylation is 1. The molecule has 38 heavy (non-hydrogen) atoms. The average molecular weight is 518 g/mol. The highest BCUT2D eigenvalue weighted by Crippen LogP contribution is 2.34. The summed E-state index contributed by atoms with van der Waals surface area (Å²) in [5.41, 5.74) is 4.38. The number of benzene rings is 1. The van der Waals surface area contributed by atoms with Crippen LogP contribution in [0.25, 0.3) is 11.0 Å². The fourth-order valence-corrected chi connectivity index (χ4v) is 6.17. The summed E-state index contributed by atoms with van der Waals surface area (Å²) in [5, 5.41) is 0. The second-order valence-electron chi connectivity index (χ2n) is 12.0. The Morgan fingerprint density at radius 3 is 2.79 bits per heavy atom. The molecule has 0 saturated carbocycles. The number of carbonyl (C=O) groups excluding carboxylic acids is 1. The molecule has 0 spiro atoms. The maximum atomic E-state index is 12.8. The number of hydrogen-bond donors (Lipinski definition) is 0. The molecule has 1 amide bonds. The van der Waals surface area contributed by atoms with E-state index in [9.17, 15) is 4.79 Å². The maximum absolute atomic E-state index is 12.8. The standard InChI is InChI=1S/C31H43N5O2/c1-5-18-34(27-16-8-12-24-13-9-17-32-29(24)27)22-28-33-25-14-6-7-15-26(25)36(28)21-23-11-10-19-35(20-23)30(37)38-31(2,3)4/h6-7,9,13-15,17,23,27H,5,8,10-12,16,18-22H2,1-4H3/t23-,27-/m0/s1. The summed E-state index contributed by atoms with van der Waals surface area (Å²) >= 11 is 0. The van der Waals surface area contributed by atoms with Gasteiger partial charge in [-0.1, -0.05) is 25.1 Å². The van der Waals surface area contributed by atoms with E-state index in [0.29, 0.717) is 12.0 Å². The minimum absolute atomic E-state index is 0.199. The van der Waals surface area contributed by atoms with Crippen LogP contribution in [0.1, 0.15) is 82.9 Å². The maximum Gasteiger partial charge on any atom is 0.410 e. The van der Waals surface area contributed by atoms with Crippen molar-refractivity contribution in [2.24, 2.45) is 5.92 Å². The van der Waals surface area contributed by atoms with Gasteiger partial charge < -0.3 is 14.2 Å². The predicted octanol–water partition coefficient (Wildman–Crippen LogP) is 6.37. The van der Waals surface area contributed by atoms with Crippen molar-refractivity contribution in [3.63, 3.8) is 0 Å². The van der Waals surface area contributed by atoms with Crippen molar-refractivity contribution in [3.8, 4) is 0 Å². The van der Waals surface area contributed by atoms with Crippen molar-refractivity contribution >= 4 is 17.1 Å². The first-order chi connectivity index (χ1) is 18.3. The van der Waals surface area contributed by atoms with Crippen molar-refractivity contribution in [1.82, 2.24) is 24.3 Å². The van der Waals surface area contributed by atoms with Gasteiger partial charge >= 0.3 is 6.09 Å². The fraction of sp³-hybridized carbons (Fsp3) is 0.581. The van der Waals surface area contributed by atoms with Crippen molar-refractivity contribution in [1.29, 1.82) is 0 Å². The second kappa shape index (κ2) is 11.4. The zero-order valence-electron chi connectivity index (χ0n) is 23.5. The van der Waals surface area contributed by atoms with Crippen molar-refractivity contribution < 1.29 is 9.53 Å². The predicted molar refractivity (Wildman–Crippen MR) is 151 cm³/mol. The number of nitrogens with zero attached hydrogens (tertiary/aromatic N) is 5. The van der Waals surface area contributed by atoms with Gasteiger partial charge in [-0.15, -0.1) is 0 Å². The molecule has 0 radical (unpaired) electrons. The number of para-hydroxylation sites is 2. The zero-order valence-corrected chi connectivity index (χ0v) is 23.5. The number of likely N-dealkylation sites (tertiary alicyclic amines) is 1. The Morgan fingerprint density at radius 2 is 1.97 bits per heavy atom. The Morgan fingerprint density at radius 1 is 1.13 bits per heavy atom. The van der Waals surface area contributed by atoms with Gasteiger partial charge in [0, 0.05) is 25.8 Å². The van der Waals surface area contributed by atoms with E-state index in [1.807, 2.05) is 31.9 Å². The van der Waals surface area contributed by atoms with E-state index in [2.05, 4.69) is 52.8 Å². The van der Waals surface area contributed by atoms with E-state index >= 15 is 0 Å². The molecule has 7 nitrogen and oxygen atoms in total. The molecule has 3 heterocycles. The summed E-state index contributed by atoms with van der Waals surface area (Å²) < 4.78 is 8.11. The molecule has 1 fully saturated rings. The first-order valence-corrected chi connectivity index (χ1v) is 14.4. The van der Waals surface area contributed by atoms with Gasteiger partial charge in [0.25, 0.3) is 0 Å². The third kappa shape index (κ3) is 6.04.